The summed E-state index contributed by atoms with van der Waals surface area (Å²) < 4.78 is 37.4. The minimum Gasteiger partial charge on any atom is -0.166 e. The molecule has 0 spiro atoms. The zero-order chi connectivity index (χ0) is 16.4. The van der Waals surface area contributed by atoms with Crippen LogP contribution in [0.15, 0.2) is 48.5 Å². The third-order valence-electron chi connectivity index (χ3n) is 3.31. The van der Waals surface area contributed by atoms with Gasteiger partial charge in [0.2, 0.25) is 0 Å². The Labute approximate surface area is 130 Å². The van der Waals surface area contributed by atoms with E-state index in [1.54, 1.807) is 0 Å². The van der Waals surface area contributed by atoms with Crippen LogP contribution in [0, 0.1) is 11.8 Å². The highest BCUT2D eigenvalue weighted by Gasteiger charge is 2.29. The number of hydrogen-bond donors (Lipinski definition) is 0. The SMILES string of the molecule is C[Si](C)(C)c1ccc(C#Cc2ccc(C(F)(F)F)cc2)cc1. The summed E-state index contributed by atoms with van der Waals surface area (Å²) in [7, 11) is -1.32. The maximum absolute atomic E-state index is 12.5. The number of halogens is 3. The summed E-state index contributed by atoms with van der Waals surface area (Å²) in [6, 6.07) is 13.0. The molecule has 2 rings (SSSR count). The Morgan fingerprint density at radius 1 is 0.727 bits per heavy atom. The molecule has 0 fully saturated rings. The smallest absolute Gasteiger partial charge is 0.166 e. The van der Waals surface area contributed by atoms with Gasteiger partial charge in [-0.3, -0.25) is 0 Å². The Morgan fingerprint density at radius 2 is 1.14 bits per heavy atom. The molecular formula is C18H17F3Si. The first-order chi connectivity index (χ1) is 10.2. The first kappa shape index (κ1) is 16.4. The average Bonchev–Trinajstić information content (AvgIpc) is 2.44. The normalized spacial score (nSPS) is 11.7. The zero-order valence-corrected chi connectivity index (χ0v) is 13.8. The molecule has 0 amide bonds. The van der Waals surface area contributed by atoms with Gasteiger partial charge in [-0.1, -0.05) is 48.8 Å². The lowest BCUT2D eigenvalue weighted by molar-refractivity contribution is -0.137. The predicted molar refractivity (Wildman–Crippen MR) is 86.8 cm³/mol. The molecule has 0 saturated heterocycles. The fourth-order valence-corrected chi connectivity index (χ4v) is 3.11. The maximum atomic E-state index is 12.5. The van der Waals surface area contributed by atoms with E-state index in [1.807, 2.05) is 12.1 Å². The van der Waals surface area contributed by atoms with Gasteiger partial charge >= 0.3 is 6.18 Å². The Hall–Kier alpha value is -1.99. The van der Waals surface area contributed by atoms with Gasteiger partial charge in [-0.2, -0.15) is 13.2 Å². The van der Waals surface area contributed by atoms with E-state index in [0.29, 0.717) is 5.56 Å². The van der Waals surface area contributed by atoms with E-state index in [4.69, 9.17) is 0 Å². The molecule has 0 heterocycles. The topological polar surface area (TPSA) is 0 Å². The molecule has 0 saturated carbocycles. The first-order valence-corrected chi connectivity index (χ1v) is 10.5. The van der Waals surface area contributed by atoms with Crippen LogP contribution in [0.2, 0.25) is 19.6 Å². The van der Waals surface area contributed by atoms with Gasteiger partial charge in [0.25, 0.3) is 0 Å². The molecule has 0 nitrogen and oxygen atoms in total. The van der Waals surface area contributed by atoms with E-state index in [2.05, 4.69) is 43.6 Å². The Morgan fingerprint density at radius 3 is 1.50 bits per heavy atom. The van der Waals surface area contributed by atoms with Crippen molar-refractivity contribution in [3.8, 4) is 11.8 Å². The quantitative estimate of drug-likeness (QED) is 0.530. The molecule has 4 heteroatoms. The number of rotatable bonds is 1. The van der Waals surface area contributed by atoms with Crippen LogP contribution in [0.4, 0.5) is 13.2 Å². The van der Waals surface area contributed by atoms with Crippen molar-refractivity contribution in [3.05, 3.63) is 65.2 Å². The third-order valence-corrected chi connectivity index (χ3v) is 5.38. The van der Waals surface area contributed by atoms with E-state index < -0.39 is 19.8 Å². The van der Waals surface area contributed by atoms with E-state index >= 15 is 0 Å². The molecule has 0 aliphatic carbocycles. The standard InChI is InChI=1S/C18H17F3Si/c1-22(2,3)17-12-8-15(9-13-17)5-4-14-6-10-16(11-7-14)18(19,20)21/h6-13H,1-3H3. The van der Waals surface area contributed by atoms with Crippen LogP contribution in [0.1, 0.15) is 16.7 Å². The second-order valence-corrected chi connectivity index (χ2v) is 11.2. The van der Waals surface area contributed by atoms with Crippen molar-refractivity contribution >= 4 is 13.3 Å². The first-order valence-electron chi connectivity index (χ1n) is 6.96. The van der Waals surface area contributed by atoms with Crippen LogP contribution >= 0.6 is 0 Å². The lowest BCUT2D eigenvalue weighted by Crippen LogP contribution is -2.37. The molecule has 0 bridgehead atoms. The van der Waals surface area contributed by atoms with Crippen molar-refractivity contribution in [1.82, 2.24) is 0 Å². The Bertz CT molecular complexity index is 632. The van der Waals surface area contributed by atoms with Crippen LogP contribution in [0.25, 0.3) is 0 Å². The number of hydrogen-bond acceptors (Lipinski definition) is 0. The molecule has 0 N–H and O–H groups in total. The third kappa shape index (κ3) is 4.25. The molecule has 0 aliphatic rings. The minimum atomic E-state index is -4.31. The van der Waals surface area contributed by atoms with E-state index in [0.717, 1.165) is 17.7 Å². The highest BCUT2D eigenvalue weighted by Crippen LogP contribution is 2.28. The van der Waals surface area contributed by atoms with Crippen LogP contribution in [-0.4, -0.2) is 8.07 Å². The molecule has 2 aromatic carbocycles. The van der Waals surface area contributed by atoms with Gasteiger partial charge in [-0.05, 0) is 36.4 Å². The van der Waals surface area contributed by atoms with Gasteiger partial charge in [-0.25, -0.2) is 0 Å². The lowest BCUT2D eigenvalue weighted by atomic mass is 10.1. The largest absolute Gasteiger partial charge is 0.416 e. The molecule has 0 atom stereocenters. The van der Waals surface area contributed by atoms with E-state index in [-0.39, 0.29) is 0 Å². The average molecular weight is 318 g/mol. The molecule has 22 heavy (non-hydrogen) atoms. The van der Waals surface area contributed by atoms with Crippen LogP contribution in [0.5, 0.6) is 0 Å². The van der Waals surface area contributed by atoms with Gasteiger partial charge in [0.15, 0.2) is 0 Å². The van der Waals surface area contributed by atoms with Crippen molar-refractivity contribution < 1.29 is 13.2 Å². The van der Waals surface area contributed by atoms with Crippen molar-refractivity contribution in [1.29, 1.82) is 0 Å². The lowest BCUT2D eigenvalue weighted by Gasteiger charge is -2.15. The van der Waals surface area contributed by atoms with Crippen molar-refractivity contribution in [3.63, 3.8) is 0 Å². The number of benzene rings is 2. The molecule has 0 aromatic heterocycles. The van der Waals surface area contributed by atoms with Crippen molar-refractivity contribution in [2.75, 3.05) is 0 Å². The molecule has 114 valence electrons. The second-order valence-electron chi connectivity index (χ2n) is 6.15. The minimum absolute atomic E-state index is 0.572. The maximum Gasteiger partial charge on any atom is 0.416 e. The van der Waals surface area contributed by atoms with Crippen molar-refractivity contribution in [2.24, 2.45) is 0 Å². The van der Waals surface area contributed by atoms with E-state index in [1.165, 1.54) is 17.3 Å². The molecule has 0 radical (unpaired) electrons. The Kier molecular flexibility index (Phi) is 4.48. The fourth-order valence-electron chi connectivity index (χ4n) is 1.94. The van der Waals surface area contributed by atoms with Crippen LogP contribution < -0.4 is 5.19 Å². The summed E-state index contributed by atoms with van der Waals surface area (Å²) in [6.07, 6.45) is -4.31. The van der Waals surface area contributed by atoms with Crippen LogP contribution in [0.3, 0.4) is 0 Å². The molecule has 0 aliphatic heterocycles. The zero-order valence-electron chi connectivity index (χ0n) is 12.8. The molecular weight excluding hydrogens is 301 g/mol. The Balaban J connectivity index is 2.17. The summed E-state index contributed by atoms with van der Waals surface area (Å²) in [5.41, 5.74) is 0.779. The second kappa shape index (κ2) is 6.02. The predicted octanol–water partition coefficient (Wildman–Crippen LogP) is 4.65. The fraction of sp³-hybridized carbons (Fsp3) is 0.222. The summed E-state index contributed by atoms with van der Waals surface area (Å²) >= 11 is 0. The van der Waals surface area contributed by atoms with Gasteiger partial charge < -0.3 is 0 Å². The summed E-state index contributed by atoms with van der Waals surface area (Å²) in [6.45, 7) is 6.82. The highest BCUT2D eigenvalue weighted by molar-refractivity contribution is 6.88. The molecule has 2 aromatic rings. The highest BCUT2D eigenvalue weighted by atomic mass is 28.3. The van der Waals surface area contributed by atoms with Gasteiger partial charge in [0.1, 0.15) is 0 Å². The van der Waals surface area contributed by atoms with Gasteiger partial charge in [0, 0.05) is 11.1 Å². The van der Waals surface area contributed by atoms with Crippen molar-refractivity contribution in [2.45, 2.75) is 25.8 Å². The summed E-state index contributed by atoms with van der Waals surface area (Å²) in [5.74, 6) is 5.87. The summed E-state index contributed by atoms with van der Waals surface area (Å²) in [4.78, 5) is 0. The summed E-state index contributed by atoms with van der Waals surface area (Å²) in [5, 5.41) is 1.35. The monoisotopic (exact) mass is 318 g/mol. The molecule has 0 unspecified atom stereocenters. The van der Waals surface area contributed by atoms with Gasteiger partial charge in [-0.15, -0.1) is 0 Å². The van der Waals surface area contributed by atoms with E-state index in [9.17, 15) is 13.2 Å². The van der Waals surface area contributed by atoms with Gasteiger partial charge in [0.05, 0.1) is 13.6 Å². The number of alkyl halides is 3. The van der Waals surface area contributed by atoms with Crippen LogP contribution in [-0.2, 0) is 6.18 Å².